The number of aliphatic hydroxyl groups is 1. The number of hydrazine groups is 1. The van der Waals surface area contributed by atoms with Gasteiger partial charge in [-0.15, -0.1) is 0 Å². The molecule has 0 radical (unpaired) electrons. The van der Waals surface area contributed by atoms with Gasteiger partial charge in [0.25, 0.3) is 5.91 Å². The van der Waals surface area contributed by atoms with Gasteiger partial charge in [0.1, 0.15) is 6.61 Å². The number of rotatable bonds is 2. The van der Waals surface area contributed by atoms with Crippen molar-refractivity contribution >= 4 is 5.91 Å². The number of amides is 1. The van der Waals surface area contributed by atoms with Crippen molar-refractivity contribution in [2.45, 2.75) is 6.92 Å². The molecule has 1 amide bonds. The Bertz CT molecular complexity index is 470. The fraction of sp³-hybridized carbons (Fsp3) is 0.308. The molecule has 0 bridgehead atoms. The monoisotopic (exact) mass is 232 g/mol. The highest BCUT2D eigenvalue weighted by atomic mass is 16.2. The van der Waals surface area contributed by atoms with Gasteiger partial charge in [0, 0.05) is 25.2 Å². The number of benzene rings is 1. The lowest BCUT2D eigenvalue weighted by molar-refractivity contribution is 0.0857. The van der Waals surface area contributed by atoms with Gasteiger partial charge in [0.15, 0.2) is 0 Å². The lowest BCUT2D eigenvalue weighted by Crippen LogP contribution is -2.36. The highest BCUT2D eigenvalue weighted by Crippen LogP contribution is 2.09. The third-order valence-corrected chi connectivity index (χ3v) is 1.98. The van der Waals surface area contributed by atoms with Crippen LogP contribution in [-0.2, 0) is 0 Å². The largest absolute Gasteiger partial charge is 0.384 e. The Hall–Kier alpha value is -1.83. The van der Waals surface area contributed by atoms with E-state index in [0.717, 1.165) is 11.1 Å². The summed E-state index contributed by atoms with van der Waals surface area (Å²) in [6, 6.07) is 5.37. The van der Waals surface area contributed by atoms with Crippen molar-refractivity contribution < 1.29 is 9.90 Å². The minimum absolute atomic E-state index is 0.175. The molecule has 0 aliphatic rings. The molecule has 1 aromatic rings. The Labute approximate surface area is 101 Å². The van der Waals surface area contributed by atoms with Crippen LogP contribution in [0.15, 0.2) is 18.2 Å². The number of nitrogens with one attached hydrogen (secondary N) is 1. The summed E-state index contributed by atoms with van der Waals surface area (Å²) in [5.41, 5.74) is 4.90. The lowest BCUT2D eigenvalue weighted by Gasteiger charge is -2.12. The summed E-state index contributed by atoms with van der Waals surface area (Å²) in [5.74, 6) is 5.18. The summed E-state index contributed by atoms with van der Waals surface area (Å²) in [4.78, 5) is 11.8. The van der Waals surface area contributed by atoms with E-state index in [1.165, 1.54) is 0 Å². The van der Waals surface area contributed by atoms with Crippen LogP contribution in [0.2, 0.25) is 0 Å². The summed E-state index contributed by atoms with van der Waals surface area (Å²) in [6.45, 7) is 1.71. The van der Waals surface area contributed by atoms with E-state index in [-0.39, 0.29) is 12.5 Å². The first-order chi connectivity index (χ1) is 8.02. The Kier molecular flexibility index (Phi) is 4.70. The molecule has 0 atom stereocenters. The maximum absolute atomic E-state index is 11.8. The maximum atomic E-state index is 11.8. The molecule has 0 saturated heterocycles. The molecule has 17 heavy (non-hydrogen) atoms. The second-order valence-corrected chi connectivity index (χ2v) is 3.88. The first kappa shape index (κ1) is 13.2. The van der Waals surface area contributed by atoms with Crippen LogP contribution in [0.5, 0.6) is 0 Å². The van der Waals surface area contributed by atoms with Crippen molar-refractivity contribution in [1.82, 2.24) is 10.4 Å². The summed E-state index contributed by atoms with van der Waals surface area (Å²) in [7, 11) is 3.50. The second-order valence-electron chi connectivity index (χ2n) is 3.88. The summed E-state index contributed by atoms with van der Waals surface area (Å²) < 4.78 is 0. The normalized spacial score (nSPS) is 9.71. The van der Waals surface area contributed by atoms with Gasteiger partial charge in [0.2, 0.25) is 0 Å². The van der Waals surface area contributed by atoms with Gasteiger partial charge in [-0.3, -0.25) is 10.2 Å². The molecule has 0 spiro atoms. The molecule has 0 heterocycles. The molecule has 4 heteroatoms. The predicted molar refractivity (Wildman–Crippen MR) is 66.3 cm³/mol. The third kappa shape index (κ3) is 4.27. The molecular weight excluding hydrogens is 216 g/mol. The van der Waals surface area contributed by atoms with E-state index in [1.807, 2.05) is 13.0 Å². The van der Waals surface area contributed by atoms with E-state index in [9.17, 15) is 4.79 Å². The molecule has 4 nitrogen and oxygen atoms in total. The zero-order valence-electron chi connectivity index (χ0n) is 10.2. The number of nitrogens with zero attached hydrogens (tertiary/aromatic N) is 1. The van der Waals surface area contributed by atoms with E-state index in [1.54, 1.807) is 31.2 Å². The fourth-order valence-corrected chi connectivity index (χ4v) is 1.40. The highest BCUT2D eigenvalue weighted by molar-refractivity contribution is 5.94. The zero-order chi connectivity index (χ0) is 12.8. The van der Waals surface area contributed by atoms with E-state index in [0.29, 0.717) is 5.56 Å². The molecule has 1 rings (SSSR count). The van der Waals surface area contributed by atoms with Gasteiger partial charge < -0.3 is 5.11 Å². The van der Waals surface area contributed by atoms with Crippen LogP contribution < -0.4 is 5.43 Å². The molecule has 0 aliphatic heterocycles. The van der Waals surface area contributed by atoms with Crippen LogP contribution in [0.4, 0.5) is 0 Å². The summed E-state index contributed by atoms with van der Waals surface area (Å²) >= 11 is 0. The van der Waals surface area contributed by atoms with Crippen LogP contribution in [-0.4, -0.2) is 36.7 Å². The number of aliphatic hydroxyl groups excluding tert-OH is 1. The lowest BCUT2D eigenvalue weighted by atomic mass is 10.1. The second kappa shape index (κ2) is 6.04. The Morgan fingerprint density at radius 2 is 2.12 bits per heavy atom. The van der Waals surface area contributed by atoms with Crippen molar-refractivity contribution in [2.24, 2.45) is 0 Å². The minimum Gasteiger partial charge on any atom is -0.384 e. The van der Waals surface area contributed by atoms with Crippen LogP contribution >= 0.6 is 0 Å². The van der Waals surface area contributed by atoms with Gasteiger partial charge in [0.05, 0.1) is 0 Å². The van der Waals surface area contributed by atoms with Crippen LogP contribution in [0.1, 0.15) is 21.5 Å². The molecule has 0 saturated carbocycles. The maximum Gasteiger partial charge on any atom is 0.265 e. The number of carbonyl (C=O) groups excluding carboxylic acids is 1. The number of aryl methyl sites for hydroxylation is 1. The number of hydrogen-bond acceptors (Lipinski definition) is 3. The molecule has 0 unspecified atom stereocenters. The van der Waals surface area contributed by atoms with E-state index >= 15 is 0 Å². The molecule has 2 N–H and O–H groups in total. The molecule has 0 aromatic heterocycles. The molecule has 0 fully saturated rings. The van der Waals surface area contributed by atoms with Crippen molar-refractivity contribution in [3.63, 3.8) is 0 Å². The summed E-state index contributed by atoms with van der Waals surface area (Å²) in [6.07, 6.45) is 0. The van der Waals surface area contributed by atoms with Gasteiger partial charge in [-0.05, 0) is 30.7 Å². The van der Waals surface area contributed by atoms with Gasteiger partial charge in [-0.25, -0.2) is 5.01 Å². The standard InChI is InChI=1S/C13H16N2O2/c1-10-7-11(5-4-6-16)9-12(8-10)13(17)14-15(2)3/h7-9,16H,6H2,1-3H3,(H,14,17). The topological polar surface area (TPSA) is 52.6 Å². The van der Waals surface area contributed by atoms with E-state index in [4.69, 9.17) is 5.11 Å². The van der Waals surface area contributed by atoms with Crippen LogP contribution in [0.3, 0.4) is 0 Å². The molecular formula is C13H16N2O2. The average Bonchev–Trinajstić information content (AvgIpc) is 2.24. The number of carbonyl (C=O) groups is 1. The smallest absolute Gasteiger partial charge is 0.265 e. The van der Waals surface area contributed by atoms with Crippen molar-refractivity contribution in [3.8, 4) is 11.8 Å². The van der Waals surface area contributed by atoms with Crippen LogP contribution in [0, 0.1) is 18.8 Å². The Balaban J connectivity index is 3.00. The van der Waals surface area contributed by atoms with Crippen LogP contribution in [0.25, 0.3) is 0 Å². The van der Waals surface area contributed by atoms with E-state index < -0.39 is 0 Å². The third-order valence-electron chi connectivity index (χ3n) is 1.98. The Morgan fingerprint density at radius 1 is 1.41 bits per heavy atom. The first-order valence-electron chi connectivity index (χ1n) is 5.22. The van der Waals surface area contributed by atoms with Gasteiger partial charge in [-0.2, -0.15) is 0 Å². The highest BCUT2D eigenvalue weighted by Gasteiger charge is 2.07. The average molecular weight is 232 g/mol. The predicted octanol–water partition coefficient (Wildman–Crippen LogP) is 0.545. The molecule has 90 valence electrons. The Morgan fingerprint density at radius 3 is 2.71 bits per heavy atom. The SMILES string of the molecule is Cc1cc(C#CCO)cc(C(=O)NN(C)C)c1. The fourth-order valence-electron chi connectivity index (χ4n) is 1.40. The molecule has 0 aliphatic carbocycles. The number of hydrogen-bond donors (Lipinski definition) is 2. The van der Waals surface area contributed by atoms with Gasteiger partial charge >= 0.3 is 0 Å². The quantitative estimate of drug-likeness (QED) is 0.578. The van der Waals surface area contributed by atoms with E-state index in [2.05, 4.69) is 17.3 Å². The zero-order valence-corrected chi connectivity index (χ0v) is 10.2. The summed E-state index contributed by atoms with van der Waals surface area (Å²) in [5, 5.41) is 10.2. The van der Waals surface area contributed by atoms with Crippen molar-refractivity contribution in [1.29, 1.82) is 0 Å². The van der Waals surface area contributed by atoms with Crippen molar-refractivity contribution in [3.05, 3.63) is 34.9 Å². The van der Waals surface area contributed by atoms with Gasteiger partial charge in [-0.1, -0.05) is 11.8 Å². The first-order valence-corrected chi connectivity index (χ1v) is 5.22. The minimum atomic E-state index is -0.187. The van der Waals surface area contributed by atoms with Crippen molar-refractivity contribution in [2.75, 3.05) is 20.7 Å². The molecule has 1 aromatic carbocycles.